The molecule has 0 spiro atoms. The SMILES string of the molecule is COc1ccc2nccc([C@@H](O)CC[C@@H]3CCN(CCCSc4cccc(OC(F)(F)F)c4)C[C@@H]3CC(=O)O)c2c1. The van der Waals surface area contributed by atoms with Crippen LogP contribution in [-0.2, 0) is 4.79 Å². The monoisotopic (exact) mass is 592 g/mol. The second-order valence-corrected chi connectivity index (χ2v) is 11.5. The van der Waals surface area contributed by atoms with Gasteiger partial charge in [-0.05, 0) is 104 Å². The van der Waals surface area contributed by atoms with Crippen LogP contribution in [0.1, 0.15) is 43.8 Å². The summed E-state index contributed by atoms with van der Waals surface area (Å²) in [6.45, 7) is 2.29. The smallest absolute Gasteiger partial charge is 0.497 e. The molecule has 4 rings (SSSR count). The van der Waals surface area contributed by atoms with Crippen LogP contribution in [0.5, 0.6) is 11.5 Å². The molecule has 1 saturated heterocycles. The Labute approximate surface area is 241 Å². The van der Waals surface area contributed by atoms with Gasteiger partial charge in [0.1, 0.15) is 11.5 Å². The van der Waals surface area contributed by atoms with Crippen LogP contribution in [0.25, 0.3) is 10.9 Å². The molecule has 1 aromatic heterocycles. The summed E-state index contributed by atoms with van der Waals surface area (Å²) >= 11 is 1.47. The van der Waals surface area contributed by atoms with Gasteiger partial charge in [-0.3, -0.25) is 9.78 Å². The van der Waals surface area contributed by atoms with Crippen molar-refractivity contribution in [3.05, 3.63) is 60.3 Å². The Morgan fingerprint density at radius 3 is 2.76 bits per heavy atom. The van der Waals surface area contributed by atoms with Crippen LogP contribution in [-0.4, -0.2) is 64.9 Å². The van der Waals surface area contributed by atoms with E-state index in [1.165, 1.54) is 30.0 Å². The standard InChI is InChI=1S/C30H35F3N2O5S/c1-39-22-7-8-27-26(18-22)25(10-12-34-27)28(36)9-6-20-11-14-35(19-21(20)16-29(37)38)13-3-15-41-24-5-2-4-23(17-24)40-30(31,32)33/h2,4-5,7-8,10,12,17-18,20-21,28,36H,3,6,9,11,13-16,19H2,1H3,(H,37,38)/t20-,21+,28+/m1/s1. The van der Waals surface area contributed by atoms with Gasteiger partial charge < -0.3 is 24.6 Å². The number of ether oxygens (including phenoxy) is 2. The van der Waals surface area contributed by atoms with Gasteiger partial charge in [-0.15, -0.1) is 24.9 Å². The minimum absolute atomic E-state index is 0.0217. The summed E-state index contributed by atoms with van der Waals surface area (Å²) in [6, 6.07) is 13.3. The molecule has 1 aliphatic heterocycles. The lowest BCUT2D eigenvalue weighted by molar-refractivity contribution is -0.274. The number of piperidine rings is 1. The van der Waals surface area contributed by atoms with Crippen molar-refractivity contribution in [2.75, 3.05) is 32.5 Å². The van der Waals surface area contributed by atoms with Crippen LogP contribution in [0, 0.1) is 11.8 Å². The zero-order valence-corrected chi connectivity index (χ0v) is 23.7. The second kappa shape index (κ2) is 14.2. The molecule has 7 nitrogen and oxygen atoms in total. The Kier molecular flexibility index (Phi) is 10.7. The summed E-state index contributed by atoms with van der Waals surface area (Å²) in [5.41, 5.74) is 1.56. The predicted molar refractivity (Wildman–Crippen MR) is 151 cm³/mol. The molecule has 2 N–H and O–H groups in total. The van der Waals surface area contributed by atoms with Gasteiger partial charge in [0.05, 0.1) is 18.7 Å². The Bertz CT molecular complexity index is 1310. The highest BCUT2D eigenvalue weighted by Gasteiger charge is 2.32. The number of carboxylic acid groups (broad SMARTS) is 1. The molecule has 0 aliphatic carbocycles. The fraction of sp³-hybridized carbons (Fsp3) is 0.467. The molecule has 0 amide bonds. The first-order chi connectivity index (χ1) is 19.6. The number of carbonyl (C=O) groups is 1. The molecule has 222 valence electrons. The van der Waals surface area contributed by atoms with E-state index in [2.05, 4.69) is 14.6 Å². The van der Waals surface area contributed by atoms with Crippen molar-refractivity contribution in [3.8, 4) is 11.5 Å². The van der Waals surface area contributed by atoms with Crippen LogP contribution in [0.3, 0.4) is 0 Å². The molecule has 41 heavy (non-hydrogen) atoms. The number of halogens is 3. The molecule has 0 saturated carbocycles. The summed E-state index contributed by atoms with van der Waals surface area (Å²) in [4.78, 5) is 19.0. The van der Waals surface area contributed by atoms with E-state index in [1.807, 2.05) is 24.3 Å². The Balaban J connectivity index is 1.28. The number of carboxylic acids is 1. The molecule has 2 aromatic carbocycles. The Hall–Kier alpha value is -3.02. The number of rotatable bonds is 13. The van der Waals surface area contributed by atoms with E-state index in [0.717, 1.165) is 48.2 Å². The maximum Gasteiger partial charge on any atom is 0.573 e. The number of nitrogens with zero attached hydrogens (tertiary/aromatic N) is 2. The lowest BCUT2D eigenvalue weighted by Gasteiger charge is -2.38. The lowest BCUT2D eigenvalue weighted by atomic mass is 9.79. The average Bonchev–Trinajstić information content (AvgIpc) is 2.93. The van der Waals surface area contributed by atoms with Crippen molar-refractivity contribution in [2.45, 2.75) is 49.5 Å². The number of hydrogen-bond acceptors (Lipinski definition) is 7. The number of methoxy groups -OCH3 is 1. The number of benzene rings is 2. The van der Waals surface area contributed by atoms with Crippen LogP contribution in [0.4, 0.5) is 13.2 Å². The minimum atomic E-state index is -4.72. The van der Waals surface area contributed by atoms with E-state index in [0.29, 0.717) is 30.0 Å². The number of aromatic nitrogens is 1. The number of aliphatic hydroxyl groups is 1. The highest BCUT2D eigenvalue weighted by Crippen LogP contribution is 2.35. The molecule has 11 heteroatoms. The summed E-state index contributed by atoms with van der Waals surface area (Å²) in [6.07, 6.45) is -0.763. The fourth-order valence-corrected chi connectivity index (χ4v) is 6.41. The number of fused-ring (bicyclic) bond motifs is 1. The lowest BCUT2D eigenvalue weighted by Crippen LogP contribution is -2.42. The maximum atomic E-state index is 12.5. The summed E-state index contributed by atoms with van der Waals surface area (Å²) < 4.78 is 46.8. The molecule has 0 unspecified atom stereocenters. The minimum Gasteiger partial charge on any atom is -0.497 e. The zero-order valence-electron chi connectivity index (χ0n) is 22.8. The van der Waals surface area contributed by atoms with E-state index in [1.54, 1.807) is 19.4 Å². The third kappa shape index (κ3) is 9.24. The number of likely N-dealkylation sites (tertiary alicyclic amines) is 1. The van der Waals surface area contributed by atoms with E-state index in [9.17, 15) is 28.2 Å². The van der Waals surface area contributed by atoms with Crippen LogP contribution < -0.4 is 9.47 Å². The fourth-order valence-electron chi connectivity index (χ4n) is 5.53. The molecule has 2 heterocycles. The first kappa shape index (κ1) is 30.9. The van der Waals surface area contributed by atoms with Crippen LogP contribution in [0.15, 0.2) is 59.6 Å². The van der Waals surface area contributed by atoms with Gasteiger partial charge in [0, 0.05) is 29.4 Å². The van der Waals surface area contributed by atoms with Crippen LogP contribution >= 0.6 is 11.8 Å². The number of hydrogen-bond donors (Lipinski definition) is 2. The number of aliphatic hydroxyl groups excluding tert-OH is 1. The maximum absolute atomic E-state index is 12.5. The third-order valence-electron chi connectivity index (χ3n) is 7.49. The van der Waals surface area contributed by atoms with Gasteiger partial charge in [0.15, 0.2) is 0 Å². The van der Waals surface area contributed by atoms with E-state index < -0.39 is 18.4 Å². The summed E-state index contributed by atoms with van der Waals surface area (Å²) in [7, 11) is 1.59. The van der Waals surface area contributed by atoms with E-state index in [4.69, 9.17) is 4.74 Å². The van der Waals surface area contributed by atoms with Crippen molar-refractivity contribution in [2.24, 2.45) is 11.8 Å². The molecule has 1 fully saturated rings. The number of pyridine rings is 1. The quantitative estimate of drug-likeness (QED) is 0.171. The van der Waals surface area contributed by atoms with Crippen molar-refractivity contribution in [1.29, 1.82) is 0 Å². The van der Waals surface area contributed by atoms with Gasteiger partial charge in [-0.2, -0.15) is 0 Å². The van der Waals surface area contributed by atoms with Gasteiger partial charge >= 0.3 is 12.3 Å². The summed E-state index contributed by atoms with van der Waals surface area (Å²) in [5, 5.41) is 21.5. The Morgan fingerprint density at radius 1 is 1.17 bits per heavy atom. The molecule has 0 radical (unpaired) electrons. The Morgan fingerprint density at radius 2 is 2.00 bits per heavy atom. The third-order valence-corrected chi connectivity index (χ3v) is 8.57. The molecule has 1 aliphatic rings. The predicted octanol–water partition coefficient (Wildman–Crippen LogP) is 6.55. The largest absolute Gasteiger partial charge is 0.573 e. The van der Waals surface area contributed by atoms with E-state index >= 15 is 0 Å². The van der Waals surface area contributed by atoms with Crippen molar-refractivity contribution < 1.29 is 37.7 Å². The zero-order chi connectivity index (χ0) is 29.4. The van der Waals surface area contributed by atoms with Gasteiger partial charge in [0.25, 0.3) is 0 Å². The molecular formula is C30H35F3N2O5S. The van der Waals surface area contributed by atoms with E-state index in [-0.39, 0.29) is 24.0 Å². The molecule has 3 atom stereocenters. The highest BCUT2D eigenvalue weighted by atomic mass is 32.2. The van der Waals surface area contributed by atoms with Crippen LogP contribution in [0.2, 0.25) is 0 Å². The van der Waals surface area contributed by atoms with Gasteiger partial charge in [-0.1, -0.05) is 6.07 Å². The normalized spacial score (nSPS) is 18.8. The molecule has 0 bridgehead atoms. The second-order valence-electron chi connectivity index (χ2n) is 10.3. The van der Waals surface area contributed by atoms with Gasteiger partial charge in [-0.25, -0.2) is 0 Å². The first-order valence-electron chi connectivity index (χ1n) is 13.6. The van der Waals surface area contributed by atoms with Crippen molar-refractivity contribution >= 4 is 28.6 Å². The number of alkyl halides is 3. The number of aliphatic carboxylic acids is 1. The topological polar surface area (TPSA) is 92.1 Å². The highest BCUT2D eigenvalue weighted by molar-refractivity contribution is 7.99. The molecule has 3 aromatic rings. The van der Waals surface area contributed by atoms with Crippen molar-refractivity contribution in [1.82, 2.24) is 9.88 Å². The molecular weight excluding hydrogens is 557 g/mol. The van der Waals surface area contributed by atoms with Crippen molar-refractivity contribution in [3.63, 3.8) is 0 Å². The van der Waals surface area contributed by atoms with Gasteiger partial charge in [0.2, 0.25) is 0 Å². The first-order valence-corrected chi connectivity index (χ1v) is 14.6. The average molecular weight is 593 g/mol. The summed E-state index contributed by atoms with van der Waals surface area (Å²) in [5.74, 6) is 0.511. The number of thioether (sulfide) groups is 1.